The average molecular weight is 343 g/mol. The van der Waals surface area contributed by atoms with Crippen molar-refractivity contribution in [1.29, 1.82) is 0 Å². The number of ether oxygens (including phenoxy) is 1. The molecule has 0 heterocycles. The Bertz CT molecular complexity index is 674. The van der Waals surface area contributed by atoms with Gasteiger partial charge in [0.15, 0.2) is 5.41 Å². The molecule has 2 rings (SSSR count). The molecule has 24 heavy (non-hydrogen) atoms. The Morgan fingerprint density at radius 1 is 1.29 bits per heavy atom. The van der Waals surface area contributed by atoms with Gasteiger partial charge in [0.2, 0.25) is 5.91 Å². The van der Waals surface area contributed by atoms with Crippen molar-refractivity contribution in [2.45, 2.75) is 25.6 Å². The number of hydrogen-bond acceptors (Lipinski definition) is 3. The lowest BCUT2D eigenvalue weighted by Crippen LogP contribution is -2.41. The summed E-state index contributed by atoms with van der Waals surface area (Å²) in [5.41, 5.74) is -2.79. The highest BCUT2D eigenvalue weighted by Crippen LogP contribution is 2.37. The highest BCUT2D eigenvalue weighted by atomic mass is 19.4. The van der Waals surface area contributed by atoms with E-state index in [-0.39, 0.29) is 30.7 Å². The van der Waals surface area contributed by atoms with Gasteiger partial charge in [0.05, 0.1) is 12.2 Å². The van der Waals surface area contributed by atoms with E-state index in [4.69, 9.17) is 4.74 Å². The van der Waals surface area contributed by atoms with Crippen LogP contribution in [0.2, 0.25) is 0 Å². The number of alkyl halides is 3. The van der Waals surface area contributed by atoms with Gasteiger partial charge in [-0.2, -0.15) is 13.2 Å². The number of hydrogen-bond donors (Lipinski definition) is 2. The van der Waals surface area contributed by atoms with Crippen LogP contribution in [0.1, 0.15) is 24.0 Å². The number of carboxylic acids is 1. The maximum absolute atomic E-state index is 13.1. The van der Waals surface area contributed by atoms with E-state index < -0.39 is 29.0 Å². The summed E-state index contributed by atoms with van der Waals surface area (Å²) in [4.78, 5) is 23.7. The van der Waals surface area contributed by atoms with Gasteiger partial charge in [-0.15, -0.1) is 0 Å². The van der Waals surface area contributed by atoms with Crippen LogP contribution in [0.15, 0.2) is 30.4 Å². The Labute approximate surface area is 136 Å². The van der Waals surface area contributed by atoms with E-state index in [0.717, 1.165) is 6.07 Å². The molecular formula is C16H16F3NO4. The summed E-state index contributed by atoms with van der Waals surface area (Å²) in [6.45, 7) is -0.230. The molecule has 0 saturated heterocycles. The molecule has 0 radical (unpaired) electrons. The Kier molecular flexibility index (Phi) is 4.98. The largest absolute Gasteiger partial charge is 0.480 e. The van der Waals surface area contributed by atoms with Gasteiger partial charge in [-0.3, -0.25) is 9.59 Å². The molecule has 2 N–H and O–H groups in total. The first-order chi connectivity index (χ1) is 11.2. The van der Waals surface area contributed by atoms with Crippen LogP contribution in [0.5, 0.6) is 0 Å². The molecule has 0 saturated carbocycles. The minimum absolute atomic E-state index is 0.00204. The number of methoxy groups -OCH3 is 1. The van der Waals surface area contributed by atoms with Crippen molar-refractivity contribution in [1.82, 2.24) is 0 Å². The van der Waals surface area contributed by atoms with Crippen molar-refractivity contribution in [3.05, 3.63) is 41.5 Å². The fourth-order valence-corrected chi connectivity index (χ4v) is 2.56. The molecule has 0 spiro atoms. The van der Waals surface area contributed by atoms with Crippen LogP contribution in [0.25, 0.3) is 0 Å². The summed E-state index contributed by atoms with van der Waals surface area (Å²) in [7, 11) is 1.28. The van der Waals surface area contributed by atoms with Gasteiger partial charge in [-0.1, -0.05) is 18.2 Å². The maximum Gasteiger partial charge on any atom is 0.416 e. The minimum atomic E-state index is -4.62. The summed E-state index contributed by atoms with van der Waals surface area (Å²) in [6, 6.07) is 3.27. The first-order valence-corrected chi connectivity index (χ1v) is 7.09. The third kappa shape index (κ3) is 3.43. The number of anilines is 1. The zero-order valence-corrected chi connectivity index (χ0v) is 12.8. The Balaban J connectivity index is 2.30. The average Bonchev–Trinajstić information content (AvgIpc) is 2.99. The molecule has 130 valence electrons. The van der Waals surface area contributed by atoms with Crippen molar-refractivity contribution in [3.63, 3.8) is 0 Å². The van der Waals surface area contributed by atoms with Crippen molar-refractivity contribution in [2.24, 2.45) is 5.41 Å². The summed E-state index contributed by atoms with van der Waals surface area (Å²) < 4.78 is 44.1. The number of carbonyl (C=O) groups is 2. The summed E-state index contributed by atoms with van der Waals surface area (Å²) in [5, 5.41) is 11.6. The second-order valence-electron chi connectivity index (χ2n) is 5.52. The number of carboxylic acid groups (broad SMARTS) is 1. The molecule has 0 atom stereocenters. The van der Waals surface area contributed by atoms with Crippen molar-refractivity contribution in [3.8, 4) is 0 Å². The monoisotopic (exact) mass is 343 g/mol. The normalized spacial score (nSPS) is 16.2. The molecule has 8 heteroatoms. The van der Waals surface area contributed by atoms with Crippen LogP contribution in [-0.4, -0.2) is 24.1 Å². The first-order valence-electron chi connectivity index (χ1n) is 7.09. The third-order valence-corrected chi connectivity index (χ3v) is 3.92. The summed E-state index contributed by atoms with van der Waals surface area (Å²) in [6.07, 6.45) is -1.48. The van der Waals surface area contributed by atoms with Gasteiger partial charge in [-0.25, -0.2) is 0 Å². The number of allylic oxidation sites excluding steroid dienone is 2. The number of amides is 1. The van der Waals surface area contributed by atoms with Gasteiger partial charge in [0.1, 0.15) is 0 Å². The highest BCUT2D eigenvalue weighted by molar-refractivity contribution is 6.09. The maximum atomic E-state index is 13.1. The van der Waals surface area contributed by atoms with Crippen molar-refractivity contribution < 1.29 is 32.6 Å². The van der Waals surface area contributed by atoms with E-state index >= 15 is 0 Å². The number of aliphatic carboxylic acids is 1. The molecule has 1 aromatic rings. The molecular weight excluding hydrogens is 327 g/mol. The van der Waals surface area contributed by atoms with Crippen molar-refractivity contribution in [2.75, 3.05) is 12.4 Å². The lowest BCUT2D eigenvalue weighted by molar-refractivity contribution is -0.153. The predicted molar refractivity (Wildman–Crippen MR) is 79.2 cm³/mol. The smallest absolute Gasteiger partial charge is 0.416 e. The van der Waals surface area contributed by atoms with E-state index in [1.807, 2.05) is 0 Å². The molecule has 0 fully saturated rings. The second-order valence-corrected chi connectivity index (χ2v) is 5.52. The van der Waals surface area contributed by atoms with Gasteiger partial charge in [-0.05, 0) is 30.5 Å². The van der Waals surface area contributed by atoms with Crippen LogP contribution >= 0.6 is 0 Å². The zero-order chi connectivity index (χ0) is 18.0. The fraction of sp³-hybridized carbons (Fsp3) is 0.375. The van der Waals surface area contributed by atoms with E-state index in [0.29, 0.717) is 0 Å². The lowest BCUT2D eigenvalue weighted by Gasteiger charge is -2.23. The molecule has 0 aromatic heterocycles. The molecule has 0 aliphatic heterocycles. The number of rotatable bonds is 5. The quantitative estimate of drug-likeness (QED) is 0.636. The van der Waals surface area contributed by atoms with E-state index in [9.17, 15) is 27.9 Å². The molecule has 0 bridgehead atoms. The highest BCUT2D eigenvalue weighted by Gasteiger charge is 2.46. The minimum Gasteiger partial charge on any atom is -0.480 e. The zero-order valence-electron chi connectivity index (χ0n) is 12.8. The topological polar surface area (TPSA) is 75.6 Å². The molecule has 1 amide bonds. The third-order valence-electron chi connectivity index (χ3n) is 3.92. The van der Waals surface area contributed by atoms with Crippen LogP contribution in [0.3, 0.4) is 0 Å². The van der Waals surface area contributed by atoms with Crippen LogP contribution in [0.4, 0.5) is 18.9 Å². The van der Waals surface area contributed by atoms with Crippen LogP contribution in [0, 0.1) is 5.41 Å². The Morgan fingerprint density at radius 2 is 1.92 bits per heavy atom. The molecule has 0 unspecified atom stereocenters. The number of benzene rings is 1. The molecule has 1 aromatic carbocycles. The van der Waals surface area contributed by atoms with Gasteiger partial charge in [0.25, 0.3) is 0 Å². The number of halogens is 3. The SMILES string of the molecule is COCc1ccc(NC(=O)C2(C(=O)O)CC=CC2)cc1C(F)(F)F. The van der Waals surface area contributed by atoms with Crippen LogP contribution in [-0.2, 0) is 27.1 Å². The van der Waals surface area contributed by atoms with Gasteiger partial charge < -0.3 is 15.2 Å². The number of nitrogens with one attached hydrogen (secondary N) is 1. The van der Waals surface area contributed by atoms with Crippen LogP contribution < -0.4 is 5.32 Å². The van der Waals surface area contributed by atoms with Crippen molar-refractivity contribution >= 4 is 17.6 Å². The summed E-state index contributed by atoms with van der Waals surface area (Å²) in [5.74, 6) is -2.15. The Hall–Kier alpha value is -2.35. The lowest BCUT2D eigenvalue weighted by atomic mass is 9.84. The van der Waals surface area contributed by atoms with E-state index in [2.05, 4.69) is 5.32 Å². The fourth-order valence-electron chi connectivity index (χ4n) is 2.56. The second kappa shape index (κ2) is 6.64. The molecule has 1 aliphatic rings. The van der Waals surface area contributed by atoms with E-state index in [1.54, 1.807) is 12.2 Å². The number of carbonyl (C=O) groups excluding carboxylic acids is 1. The Morgan fingerprint density at radius 3 is 2.42 bits per heavy atom. The predicted octanol–water partition coefficient (Wildman–Crippen LogP) is 3.21. The molecule has 5 nitrogen and oxygen atoms in total. The van der Waals surface area contributed by atoms with Gasteiger partial charge >= 0.3 is 12.1 Å². The van der Waals surface area contributed by atoms with Gasteiger partial charge in [0, 0.05) is 12.8 Å². The molecule has 1 aliphatic carbocycles. The summed E-state index contributed by atoms with van der Waals surface area (Å²) >= 11 is 0. The van der Waals surface area contributed by atoms with E-state index in [1.165, 1.54) is 19.2 Å². The standard InChI is InChI=1S/C16H16F3NO4/c1-24-9-10-4-5-11(8-12(10)16(17,18)19)20-13(21)15(14(22)23)6-2-3-7-15/h2-5,8H,6-7,9H2,1H3,(H,20,21)(H,22,23). The first kappa shape index (κ1) is 18.0.